The largest absolute Gasteiger partial charge is 0.480 e. The average Bonchev–Trinajstić information content (AvgIpc) is 2.57. The number of nitrogens with one attached hydrogen (secondary N) is 2. The average molecular weight is 387 g/mol. The minimum atomic E-state index is -1.15. The van der Waals surface area contributed by atoms with E-state index in [2.05, 4.69) is 10.6 Å². The van der Waals surface area contributed by atoms with Crippen LogP contribution in [0.1, 0.15) is 52.4 Å². The Morgan fingerprint density at radius 2 is 1.56 bits per heavy atom. The molecule has 9 N–H and O–H groups in total. The quantitative estimate of drug-likeness (QED) is 0.202. The fourth-order valence-corrected chi connectivity index (χ4v) is 2.43. The van der Waals surface area contributed by atoms with Crippen molar-refractivity contribution in [3.63, 3.8) is 0 Å². The Morgan fingerprint density at radius 1 is 0.963 bits per heavy atom. The topological polar surface area (TPSA) is 191 Å². The molecule has 0 bridgehead atoms. The highest BCUT2D eigenvalue weighted by Crippen LogP contribution is 2.08. The van der Waals surface area contributed by atoms with Crippen molar-refractivity contribution in [2.24, 2.45) is 23.1 Å². The van der Waals surface area contributed by atoms with Crippen molar-refractivity contribution in [2.75, 3.05) is 6.54 Å². The Morgan fingerprint density at radius 3 is 2.04 bits per heavy atom. The second kappa shape index (κ2) is 13.0. The van der Waals surface area contributed by atoms with E-state index in [0.29, 0.717) is 25.8 Å². The molecule has 0 aromatic heterocycles. The Hall–Kier alpha value is -2.20. The molecular formula is C17H33N5O5. The summed E-state index contributed by atoms with van der Waals surface area (Å²) in [6, 6.07) is -2.97. The molecule has 0 aromatic carbocycles. The highest BCUT2D eigenvalue weighted by Gasteiger charge is 2.28. The molecule has 3 amide bonds. The van der Waals surface area contributed by atoms with Crippen molar-refractivity contribution in [3.8, 4) is 0 Å². The smallest absolute Gasteiger partial charge is 0.326 e. The van der Waals surface area contributed by atoms with Crippen LogP contribution in [0.15, 0.2) is 0 Å². The number of unbranched alkanes of at least 4 members (excludes halogenated alkanes) is 1. The van der Waals surface area contributed by atoms with Crippen LogP contribution in [0.2, 0.25) is 0 Å². The molecule has 27 heavy (non-hydrogen) atoms. The lowest BCUT2D eigenvalue weighted by atomic mass is 10.0. The third-order valence-electron chi connectivity index (χ3n) is 3.94. The first-order valence-electron chi connectivity index (χ1n) is 9.15. The molecule has 156 valence electrons. The summed E-state index contributed by atoms with van der Waals surface area (Å²) in [7, 11) is 0. The third kappa shape index (κ3) is 11.2. The standard InChI is InChI=1S/C17H33N5O5/c1-10(2)9-13(22-15(24)11(19)6-7-14(20)23)16(25)21-12(17(26)27)5-3-4-8-18/h10-13H,3-9,18-19H2,1-2H3,(H2,20,23)(H,21,25)(H,22,24)(H,26,27). The van der Waals surface area contributed by atoms with Gasteiger partial charge < -0.3 is 32.9 Å². The molecule has 3 unspecified atom stereocenters. The predicted molar refractivity (Wildman–Crippen MR) is 100 cm³/mol. The summed E-state index contributed by atoms with van der Waals surface area (Å²) in [6.45, 7) is 4.18. The van der Waals surface area contributed by atoms with Gasteiger partial charge in [-0.05, 0) is 44.6 Å². The molecule has 10 heteroatoms. The molecule has 0 radical (unpaired) electrons. The van der Waals surface area contributed by atoms with Gasteiger partial charge in [0, 0.05) is 6.42 Å². The fraction of sp³-hybridized carbons (Fsp3) is 0.765. The minimum absolute atomic E-state index is 0.0438. The summed E-state index contributed by atoms with van der Waals surface area (Å²) in [5.74, 6) is -2.82. The molecule has 0 spiro atoms. The van der Waals surface area contributed by atoms with Crippen LogP contribution in [0.3, 0.4) is 0 Å². The molecule has 0 heterocycles. The Kier molecular flexibility index (Phi) is 12.0. The Balaban J connectivity index is 4.93. The molecule has 0 aliphatic heterocycles. The van der Waals surface area contributed by atoms with E-state index in [1.165, 1.54) is 0 Å². The number of hydrogen-bond donors (Lipinski definition) is 6. The van der Waals surface area contributed by atoms with E-state index in [1.807, 2.05) is 13.8 Å². The van der Waals surface area contributed by atoms with Crippen LogP contribution in [0, 0.1) is 5.92 Å². The van der Waals surface area contributed by atoms with E-state index in [1.54, 1.807) is 0 Å². The van der Waals surface area contributed by atoms with E-state index in [4.69, 9.17) is 17.2 Å². The number of aliphatic carboxylic acids is 1. The summed E-state index contributed by atoms with van der Waals surface area (Å²) in [6.07, 6.45) is 1.80. The van der Waals surface area contributed by atoms with Gasteiger partial charge in [0.05, 0.1) is 6.04 Å². The van der Waals surface area contributed by atoms with Crippen LogP contribution in [0.4, 0.5) is 0 Å². The maximum Gasteiger partial charge on any atom is 0.326 e. The molecule has 0 aliphatic carbocycles. The van der Waals surface area contributed by atoms with Gasteiger partial charge >= 0.3 is 5.97 Å². The number of carbonyl (C=O) groups excluding carboxylic acids is 3. The molecule has 3 atom stereocenters. The first-order valence-corrected chi connectivity index (χ1v) is 9.15. The normalized spacial score (nSPS) is 14.3. The van der Waals surface area contributed by atoms with Crippen molar-refractivity contribution < 1.29 is 24.3 Å². The molecule has 10 nitrogen and oxygen atoms in total. The second-order valence-corrected chi connectivity index (χ2v) is 6.99. The van der Waals surface area contributed by atoms with Gasteiger partial charge in [0.15, 0.2) is 0 Å². The van der Waals surface area contributed by atoms with Crippen molar-refractivity contribution >= 4 is 23.7 Å². The Labute approximate surface area is 159 Å². The van der Waals surface area contributed by atoms with E-state index in [9.17, 15) is 24.3 Å². The van der Waals surface area contributed by atoms with E-state index in [-0.39, 0.29) is 25.2 Å². The van der Waals surface area contributed by atoms with Gasteiger partial charge in [-0.1, -0.05) is 13.8 Å². The summed E-state index contributed by atoms with van der Waals surface area (Å²) < 4.78 is 0. The Bertz CT molecular complexity index is 512. The minimum Gasteiger partial charge on any atom is -0.480 e. The second-order valence-electron chi connectivity index (χ2n) is 6.99. The van der Waals surface area contributed by atoms with Gasteiger partial charge in [-0.2, -0.15) is 0 Å². The summed E-state index contributed by atoms with van der Waals surface area (Å²) in [5, 5.41) is 14.3. The van der Waals surface area contributed by atoms with Crippen molar-refractivity contribution in [3.05, 3.63) is 0 Å². The van der Waals surface area contributed by atoms with Crippen molar-refractivity contribution in [1.82, 2.24) is 10.6 Å². The highest BCUT2D eigenvalue weighted by atomic mass is 16.4. The zero-order valence-corrected chi connectivity index (χ0v) is 16.1. The number of hydrogen-bond acceptors (Lipinski definition) is 6. The van der Waals surface area contributed by atoms with Gasteiger partial charge in [-0.15, -0.1) is 0 Å². The number of nitrogens with two attached hydrogens (primary N) is 3. The lowest BCUT2D eigenvalue weighted by Crippen LogP contribution is -2.54. The first-order chi connectivity index (χ1) is 12.6. The van der Waals surface area contributed by atoms with Gasteiger partial charge in [0.1, 0.15) is 12.1 Å². The van der Waals surface area contributed by atoms with Gasteiger partial charge in [-0.3, -0.25) is 14.4 Å². The van der Waals surface area contributed by atoms with Crippen LogP contribution in [-0.2, 0) is 19.2 Å². The van der Waals surface area contributed by atoms with E-state index in [0.717, 1.165) is 0 Å². The molecular weight excluding hydrogens is 354 g/mol. The number of amides is 3. The number of primary amides is 1. The maximum absolute atomic E-state index is 12.5. The van der Waals surface area contributed by atoms with Crippen LogP contribution in [0.5, 0.6) is 0 Å². The van der Waals surface area contributed by atoms with E-state index >= 15 is 0 Å². The fourth-order valence-electron chi connectivity index (χ4n) is 2.43. The number of rotatable bonds is 14. The van der Waals surface area contributed by atoms with Crippen LogP contribution < -0.4 is 27.8 Å². The summed E-state index contributed by atoms with van der Waals surface area (Å²) in [4.78, 5) is 46.9. The zero-order chi connectivity index (χ0) is 21.0. The van der Waals surface area contributed by atoms with Crippen molar-refractivity contribution in [1.29, 1.82) is 0 Å². The highest BCUT2D eigenvalue weighted by molar-refractivity contribution is 5.91. The number of carboxylic acid groups (broad SMARTS) is 1. The van der Waals surface area contributed by atoms with E-state index < -0.39 is 41.8 Å². The molecule has 0 rings (SSSR count). The predicted octanol–water partition coefficient (Wildman–Crippen LogP) is -1.19. The van der Waals surface area contributed by atoms with Gasteiger partial charge in [0.2, 0.25) is 17.7 Å². The summed E-state index contributed by atoms with van der Waals surface area (Å²) in [5.41, 5.74) is 16.2. The van der Waals surface area contributed by atoms with Crippen molar-refractivity contribution in [2.45, 2.75) is 70.5 Å². The molecule has 0 aliphatic rings. The zero-order valence-electron chi connectivity index (χ0n) is 16.1. The van der Waals surface area contributed by atoms with Crippen LogP contribution >= 0.6 is 0 Å². The molecule has 0 saturated heterocycles. The van der Waals surface area contributed by atoms with Crippen LogP contribution in [-0.4, -0.2) is 53.5 Å². The monoisotopic (exact) mass is 387 g/mol. The number of carboxylic acids is 1. The van der Waals surface area contributed by atoms with Crippen LogP contribution in [0.25, 0.3) is 0 Å². The lowest BCUT2D eigenvalue weighted by molar-refractivity contribution is -0.142. The number of carbonyl (C=O) groups is 4. The first kappa shape index (κ1) is 24.8. The van der Waals surface area contributed by atoms with Gasteiger partial charge in [0.25, 0.3) is 0 Å². The third-order valence-corrected chi connectivity index (χ3v) is 3.94. The molecule has 0 saturated carbocycles. The van der Waals surface area contributed by atoms with Gasteiger partial charge in [-0.25, -0.2) is 4.79 Å². The maximum atomic E-state index is 12.5. The lowest BCUT2D eigenvalue weighted by Gasteiger charge is -2.24. The SMILES string of the molecule is CC(C)CC(NC(=O)C(N)CCC(N)=O)C(=O)NC(CCCCN)C(=O)O. The molecule has 0 fully saturated rings. The summed E-state index contributed by atoms with van der Waals surface area (Å²) >= 11 is 0. The molecule has 0 aromatic rings.